The number of rotatable bonds is 9. The molecule has 32 heavy (non-hydrogen) atoms. The van der Waals surface area contributed by atoms with Gasteiger partial charge in [0.2, 0.25) is 0 Å². The first kappa shape index (κ1) is 27.0. The number of amides is 1. The summed E-state index contributed by atoms with van der Waals surface area (Å²) in [5.74, 6) is -3.72. The summed E-state index contributed by atoms with van der Waals surface area (Å²) in [5.41, 5.74) is -2.89. The molecule has 0 aromatic rings. The first-order valence-corrected chi connectivity index (χ1v) is 12.7. The Balaban J connectivity index is 2.57. The molecular formula is C19H33F3N3O6P. The van der Waals surface area contributed by atoms with Crippen molar-refractivity contribution < 1.29 is 41.8 Å². The van der Waals surface area contributed by atoms with E-state index in [1.807, 2.05) is 0 Å². The molecule has 0 aromatic heterocycles. The number of halogens is 3. The van der Waals surface area contributed by atoms with E-state index in [0.29, 0.717) is 25.7 Å². The smallest absolute Gasteiger partial charge is 0.465 e. The highest BCUT2D eigenvalue weighted by molar-refractivity contribution is 7.53. The summed E-state index contributed by atoms with van der Waals surface area (Å²) in [6.45, 7) is 0.00321. The lowest BCUT2D eigenvalue weighted by Crippen LogP contribution is -2.74. The molecule has 0 heterocycles. The summed E-state index contributed by atoms with van der Waals surface area (Å²) >= 11 is 0. The normalized spacial score (nSPS) is 19.6. The van der Waals surface area contributed by atoms with Crippen LogP contribution >= 0.6 is 7.60 Å². The predicted molar refractivity (Wildman–Crippen MR) is 109 cm³/mol. The minimum Gasteiger partial charge on any atom is -0.465 e. The molecule has 2 aliphatic carbocycles. The molecule has 0 aromatic carbocycles. The van der Waals surface area contributed by atoms with Crippen LogP contribution in [0.25, 0.3) is 0 Å². The van der Waals surface area contributed by atoms with Crippen molar-refractivity contribution in [3.05, 3.63) is 0 Å². The Morgan fingerprint density at radius 1 is 0.969 bits per heavy atom. The molecule has 0 saturated heterocycles. The fourth-order valence-corrected chi connectivity index (χ4v) is 5.59. The van der Waals surface area contributed by atoms with E-state index in [-0.39, 0.29) is 11.5 Å². The number of carbonyl (C=O) groups is 2. The lowest BCUT2D eigenvalue weighted by Gasteiger charge is -2.48. The van der Waals surface area contributed by atoms with Gasteiger partial charge in [0.25, 0.3) is 5.53 Å². The Kier molecular flexibility index (Phi) is 9.54. The molecule has 9 nitrogen and oxygen atoms in total. The van der Waals surface area contributed by atoms with Crippen LogP contribution in [-0.4, -0.2) is 63.5 Å². The Morgan fingerprint density at radius 3 is 1.75 bits per heavy atom. The zero-order valence-corrected chi connectivity index (χ0v) is 19.1. The topological polar surface area (TPSA) is 128 Å². The van der Waals surface area contributed by atoms with Crippen LogP contribution in [0.2, 0.25) is 0 Å². The SMILES string of the molecule is CCOC(=O)CN(C(=O)C(F)(F)F)C(NC1CCCCC1)(NC1CCCCC1)P(=O)(O)O. The molecule has 1 amide bonds. The van der Waals surface area contributed by atoms with Crippen LogP contribution in [0.4, 0.5) is 13.2 Å². The monoisotopic (exact) mass is 487 g/mol. The maximum absolute atomic E-state index is 13.6. The third-order valence-electron chi connectivity index (χ3n) is 5.91. The largest absolute Gasteiger partial charge is 0.471 e. The second-order valence-corrected chi connectivity index (χ2v) is 10.1. The average molecular weight is 487 g/mol. The van der Waals surface area contributed by atoms with Crippen LogP contribution < -0.4 is 10.6 Å². The highest BCUT2D eigenvalue weighted by Gasteiger charge is 2.60. The van der Waals surface area contributed by atoms with E-state index >= 15 is 0 Å². The fraction of sp³-hybridized carbons (Fsp3) is 0.895. The Labute approximate surface area is 185 Å². The quantitative estimate of drug-likeness (QED) is 0.222. The van der Waals surface area contributed by atoms with E-state index in [4.69, 9.17) is 4.74 Å². The number of nitrogens with one attached hydrogen (secondary N) is 2. The van der Waals surface area contributed by atoms with Crippen LogP contribution in [0.1, 0.15) is 71.1 Å². The van der Waals surface area contributed by atoms with Gasteiger partial charge in [0.15, 0.2) is 0 Å². The molecular weight excluding hydrogens is 454 g/mol. The van der Waals surface area contributed by atoms with Crippen LogP contribution in [0.15, 0.2) is 0 Å². The summed E-state index contributed by atoms with van der Waals surface area (Å²) in [6.07, 6.45) is 1.12. The highest BCUT2D eigenvalue weighted by atomic mass is 31.2. The van der Waals surface area contributed by atoms with E-state index in [9.17, 15) is 37.1 Å². The summed E-state index contributed by atoms with van der Waals surface area (Å²) in [4.78, 5) is 45.3. The Hall–Kier alpha value is -1.20. The first-order valence-electron chi connectivity index (χ1n) is 11.1. The zero-order chi connectivity index (χ0) is 24.0. The van der Waals surface area contributed by atoms with Crippen molar-refractivity contribution in [2.24, 2.45) is 0 Å². The minimum atomic E-state index is -5.52. The maximum Gasteiger partial charge on any atom is 0.471 e. The number of alkyl halides is 3. The third-order valence-corrected chi connectivity index (χ3v) is 7.26. The predicted octanol–water partition coefficient (Wildman–Crippen LogP) is 2.57. The zero-order valence-electron chi connectivity index (χ0n) is 18.2. The van der Waals surface area contributed by atoms with Crippen LogP contribution in [0.3, 0.4) is 0 Å². The molecule has 186 valence electrons. The molecule has 13 heteroatoms. The molecule has 0 atom stereocenters. The average Bonchev–Trinajstić information content (AvgIpc) is 2.71. The summed E-state index contributed by atoms with van der Waals surface area (Å²) in [5, 5.41) is 5.36. The van der Waals surface area contributed by atoms with Crippen molar-refractivity contribution in [1.82, 2.24) is 15.5 Å². The van der Waals surface area contributed by atoms with Crippen molar-refractivity contribution in [1.29, 1.82) is 0 Å². The number of nitrogens with zero attached hydrogens (tertiary/aromatic N) is 1. The minimum absolute atomic E-state index is 0.102. The summed E-state index contributed by atoms with van der Waals surface area (Å²) in [7, 11) is -5.52. The van der Waals surface area contributed by atoms with Crippen LogP contribution in [0.5, 0.6) is 0 Å². The number of ether oxygens (including phenoxy) is 1. The van der Waals surface area contributed by atoms with E-state index in [1.54, 1.807) is 0 Å². The van der Waals surface area contributed by atoms with Crippen molar-refractivity contribution >= 4 is 19.5 Å². The second kappa shape index (κ2) is 11.3. The van der Waals surface area contributed by atoms with E-state index in [2.05, 4.69) is 10.6 Å². The number of esters is 1. The fourth-order valence-electron chi connectivity index (χ4n) is 4.41. The van der Waals surface area contributed by atoms with Gasteiger partial charge in [0, 0.05) is 12.1 Å². The summed E-state index contributed by atoms with van der Waals surface area (Å²) in [6, 6.07) is -1.09. The van der Waals surface area contributed by atoms with Gasteiger partial charge in [-0.15, -0.1) is 0 Å². The molecule has 2 saturated carbocycles. The van der Waals surface area contributed by atoms with E-state index in [1.165, 1.54) is 6.92 Å². The van der Waals surface area contributed by atoms with Gasteiger partial charge in [-0.3, -0.25) is 29.7 Å². The maximum atomic E-state index is 13.6. The van der Waals surface area contributed by atoms with Crippen molar-refractivity contribution in [2.75, 3.05) is 13.2 Å². The molecule has 0 bridgehead atoms. The van der Waals surface area contributed by atoms with E-state index < -0.39 is 49.8 Å². The number of hydrogen-bond acceptors (Lipinski definition) is 6. The molecule has 0 aliphatic heterocycles. The van der Waals surface area contributed by atoms with Gasteiger partial charge in [-0.25, -0.2) is 0 Å². The molecule has 2 rings (SSSR count). The van der Waals surface area contributed by atoms with Crippen molar-refractivity contribution in [3.63, 3.8) is 0 Å². The first-order chi connectivity index (χ1) is 14.9. The molecule has 2 aliphatic rings. The van der Waals surface area contributed by atoms with Crippen molar-refractivity contribution in [2.45, 2.75) is 94.9 Å². The highest BCUT2D eigenvalue weighted by Crippen LogP contribution is 2.51. The third kappa shape index (κ3) is 6.90. The van der Waals surface area contributed by atoms with Gasteiger partial charge >= 0.3 is 25.6 Å². The number of carbonyl (C=O) groups excluding carboxylic acids is 2. The molecule has 4 N–H and O–H groups in total. The standard InChI is InChI=1S/C19H33F3N3O6P/c1-2-31-16(26)13-25(17(27)18(20,21)22)19(32(28,29)30,23-14-9-5-3-6-10-14)24-15-11-7-4-8-12-15/h14-15,23-24H,2-13H2,1H3,(H2,28,29,30). The summed E-state index contributed by atoms with van der Waals surface area (Å²) < 4.78 is 58.3. The van der Waals surface area contributed by atoms with E-state index in [0.717, 1.165) is 38.5 Å². The van der Waals surface area contributed by atoms with Gasteiger partial charge in [0.05, 0.1) is 6.61 Å². The number of hydrogen-bond donors (Lipinski definition) is 4. The lowest BCUT2D eigenvalue weighted by molar-refractivity contribution is -0.194. The Bertz CT molecular complexity index is 670. The van der Waals surface area contributed by atoms with Crippen LogP contribution in [0, 0.1) is 0 Å². The Morgan fingerprint density at radius 2 is 1.41 bits per heavy atom. The van der Waals surface area contributed by atoms with Gasteiger partial charge in [-0.2, -0.15) is 13.2 Å². The molecule has 0 unspecified atom stereocenters. The second-order valence-electron chi connectivity index (χ2n) is 8.37. The lowest BCUT2D eigenvalue weighted by atomic mass is 9.94. The molecule has 0 spiro atoms. The van der Waals surface area contributed by atoms with Crippen LogP contribution in [-0.2, 0) is 18.9 Å². The van der Waals surface area contributed by atoms with Gasteiger partial charge in [0.1, 0.15) is 6.54 Å². The van der Waals surface area contributed by atoms with Gasteiger partial charge in [-0.05, 0) is 32.6 Å². The van der Waals surface area contributed by atoms with Crippen molar-refractivity contribution in [3.8, 4) is 0 Å². The van der Waals surface area contributed by atoms with Gasteiger partial charge in [-0.1, -0.05) is 38.5 Å². The molecule has 0 radical (unpaired) electrons. The van der Waals surface area contributed by atoms with Gasteiger partial charge < -0.3 is 14.5 Å². The molecule has 2 fully saturated rings.